The highest BCUT2D eigenvalue weighted by atomic mass is 19.4. The highest BCUT2D eigenvalue weighted by Crippen LogP contribution is 2.24. The number of amides is 1. The first-order valence-electron chi connectivity index (χ1n) is 6.56. The lowest BCUT2D eigenvalue weighted by molar-refractivity contribution is -0.136. The Hall–Kier alpha value is -1.72. The molecule has 0 spiro atoms. The minimum atomic E-state index is -4.24. The second-order valence-electron chi connectivity index (χ2n) is 4.99. The first-order chi connectivity index (χ1) is 9.37. The number of hydrogen-bond acceptors (Lipinski definition) is 2. The third-order valence-corrected chi connectivity index (χ3v) is 3.37. The standard InChI is InChI=1S/C14H17F3N2O/c1-19(8-6-14(15,16)17)13(20)11-4-5-12-10(9-11)3-2-7-18-12/h4-5,9,18H,2-3,6-8H2,1H3. The fourth-order valence-electron chi connectivity index (χ4n) is 2.22. The number of nitrogens with zero attached hydrogens (tertiary/aromatic N) is 1. The Morgan fingerprint density at radius 2 is 2.15 bits per heavy atom. The van der Waals surface area contributed by atoms with E-state index in [0.717, 1.165) is 35.5 Å². The van der Waals surface area contributed by atoms with E-state index in [1.807, 2.05) is 6.07 Å². The van der Waals surface area contributed by atoms with Crippen LogP contribution in [0.15, 0.2) is 18.2 Å². The summed E-state index contributed by atoms with van der Waals surface area (Å²) in [5, 5.41) is 3.23. The van der Waals surface area contributed by atoms with Gasteiger partial charge in [-0.05, 0) is 36.6 Å². The summed E-state index contributed by atoms with van der Waals surface area (Å²) in [7, 11) is 1.39. The molecule has 1 amide bonds. The monoisotopic (exact) mass is 286 g/mol. The van der Waals surface area contributed by atoms with Gasteiger partial charge in [-0.25, -0.2) is 0 Å². The Bertz CT molecular complexity index is 500. The third-order valence-electron chi connectivity index (χ3n) is 3.37. The number of halogens is 3. The molecule has 0 bridgehead atoms. The van der Waals surface area contributed by atoms with Crippen LogP contribution in [0.25, 0.3) is 0 Å². The Balaban J connectivity index is 2.05. The van der Waals surface area contributed by atoms with E-state index < -0.39 is 12.6 Å². The molecule has 1 aromatic rings. The Morgan fingerprint density at radius 3 is 2.85 bits per heavy atom. The molecular weight excluding hydrogens is 269 g/mol. The van der Waals surface area contributed by atoms with Crippen LogP contribution < -0.4 is 5.32 Å². The van der Waals surface area contributed by atoms with Crippen LogP contribution in [0.1, 0.15) is 28.8 Å². The lowest BCUT2D eigenvalue weighted by atomic mass is 10.0. The molecule has 1 aliphatic heterocycles. The predicted octanol–water partition coefficient (Wildman–Crippen LogP) is 3.07. The number of hydrogen-bond donors (Lipinski definition) is 1. The van der Waals surface area contributed by atoms with Gasteiger partial charge in [-0.15, -0.1) is 0 Å². The summed E-state index contributed by atoms with van der Waals surface area (Å²) in [6, 6.07) is 5.25. The average molecular weight is 286 g/mol. The number of anilines is 1. The first kappa shape index (κ1) is 14.7. The van der Waals surface area contributed by atoms with E-state index in [9.17, 15) is 18.0 Å². The van der Waals surface area contributed by atoms with E-state index in [1.165, 1.54) is 7.05 Å². The SMILES string of the molecule is CN(CCC(F)(F)F)C(=O)c1ccc2c(c1)CCCN2. The summed E-state index contributed by atoms with van der Waals surface area (Å²) < 4.78 is 36.5. The summed E-state index contributed by atoms with van der Waals surface area (Å²) in [4.78, 5) is 13.2. The number of carbonyl (C=O) groups is 1. The number of carbonyl (C=O) groups excluding carboxylic acids is 1. The number of alkyl halides is 3. The van der Waals surface area contributed by atoms with Gasteiger partial charge in [0.25, 0.3) is 5.91 Å². The number of fused-ring (bicyclic) bond motifs is 1. The molecule has 0 radical (unpaired) electrons. The van der Waals surface area contributed by atoms with Crippen molar-refractivity contribution in [1.82, 2.24) is 4.90 Å². The lowest BCUT2D eigenvalue weighted by Crippen LogP contribution is -2.30. The Morgan fingerprint density at radius 1 is 1.40 bits per heavy atom. The Labute approximate surface area is 115 Å². The zero-order chi connectivity index (χ0) is 14.8. The summed E-state index contributed by atoms with van der Waals surface area (Å²) in [5.41, 5.74) is 2.49. The van der Waals surface area contributed by atoms with Crippen molar-refractivity contribution >= 4 is 11.6 Å². The van der Waals surface area contributed by atoms with E-state index in [1.54, 1.807) is 12.1 Å². The fourth-order valence-corrected chi connectivity index (χ4v) is 2.22. The van der Waals surface area contributed by atoms with Crippen molar-refractivity contribution in [3.05, 3.63) is 29.3 Å². The van der Waals surface area contributed by atoms with Crippen molar-refractivity contribution in [3.63, 3.8) is 0 Å². The maximum Gasteiger partial charge on any atom is 0.390 e. The van der Waals surface area contributed by atoms with Gasteiger partial charge in [0, 0.05) is 31.4 Å². The fraction of sp³-hybridized carbons (Fsp3) is 0.500. The lowest BCUT2D eigenvalue weighted by Gasteiger charge is -2.21. The predicted molar refractivity (Wildman–Crippen MR) is 70.9 cm³/mol. The third kappa shape index (κ3) is 3.65. The molecule has 2 rings (SSSR count). The summed E-state index contributed by atoms with van der Waals surface area (Å²) in [6.45, 7) is 0.587. The largest absolute Gasteiger partial charge is 0.390 e. The smallest absolute Gasteiger partial charge is 0.385 e. The number of rotatable bonds is 3. The molecule has 0 aromatic heterocycles. The van der Waals surface area contributed by atoms with Crippen LogP contribution in [0, 0.1) is 0 Å². The topological polar surface area (TPSA) is 32.3 Å². The van der Waals surface area contributed by atoms with Crippen molar-refractivity contribution in [3.8, 4) is 0 Å². The van der Waals surface area contributed by atoms with E-state index in [4.69, 9.17) is 0 Å². The van der Waals surface area contributed by atoms with Crippen molar-refractivity contribution in [1.29, 1.82) is 0 Å². The highest BCUT2D eigenvalue weighted by molar-refractivity contribution is 5.94. The molecule has 3 nitrogen and oxygen atoms in total. The summed E-state index contributed by atoms with van der Waals surface area (Å²) >= 11 is 0. The van der Waals surface area contributed by atoms with Crippen molar-refractivity contribution in [2.75, 3.05) is 25.5 Å². The van der Waals surface area contributed by atoms with E-state index in [-0.39, 0.29) is 12.5 Å². The van der Waals surface area contributed by atoms with Crippen LogP contribution in [-0.4, -0.2) is 37.1 Å². The number of aryl methyl sites for hydroxylation is 1. The van der Waals surface area contributed by atoms with Gasteiger partial charge >= 0.3 is 6.18 Å². The maximum atomic E-state index is 12.2. The average Bonchev–Trinajstić information content (AvgIpc) is 2.42. The maximum absolute atomic E-state index is 12.2. The highest BCUT2D eigenvalue weighted by Gasteiger charge is 2.28. The molecule has 0 fully saturated rings. The molecule has 0 atom stereocenters. The molecular formula is C14H17F3N2O. The second-order valence-corrected chi connectivity index (χ2v) is 4.99. The van der Waals surface area contributed by atoms with Gasteiger partial charge in [0.05, 0.1) is 6.42 Å². The zero-order valence-corrected chi connectivity index (χ0v) is 11.3. The number of nitrogens with one attached hydrogen (secondary N) is 1. The van der Waals surface area contributed by atoms with Gasteiger partial charge < -0.3 is 10.2 Å². The van der Waals surface area contributed by atoms with Crippen LogP contribution in [0.5, 0.6) is 0 Å². The number of benzene rings is 1. The molecule has 0 saturated carbocycles. The quantitative estimate of drug-likeness (QED) is 0.926. The van der Waals surface area contributed by atoms with Gasteiger partial charge in [-0.3, -0.25) is 4.79 Å². The molecule has 1 aliphatic rings. The molecule has 1 N–H and O–H groups in total. The van der Waals surface area contributed by atoms with Crippen LogP contribution in [0.4, 0.5) is 18.9 Å². The van der Waals surface area contributed by atoms with Crippen molar-refractivity contribution in [2.45, 2.75) is 25.4 Å². The van der Waals surface area contributed by atoms with E-state index in [2.05, 4.69) is 5.32 Å². The Kier molecular flexibility index (Phi) is 4.20. The summed E-state index contributed by atoms with van der Waals surface area (Å²) in [5.74, 6) is -0.373. The van der Waals surface area contributed by atoms with Gasteiger partial charge in [-0.1, -0.05) is 0 Å². The minimum absolute atomic E-state index is 0.322. The van der Waals surface area contributed by atoms with Gasteiger partial charge in [0.1, 0.15) is 0 Å². The van der Waals surface area contributed by atoms with Crippen molar-refractivity contribution in [2.24, 2.45) is 0 Å². The van der Waals surface area contributed by atoms with Crippen LogP contribution in [0.2, 0.25) is 0 Å². The molecule has 0 saturated heterocycles. The molecule has 1 heterocycles. The molecule has 6 heteroatoms. The zero-order valence-electron chi connectivity index (χ0n) is 11.3. The van der Waals surface area contributed by atoms with Gasteiger partial charge in [-0.2, -0.15) is 13.2 Å². The van der Waals surface area contributed by atoms with Crippen LogP contribution in [0.3, 0.4) is 0 Å². The molecule has 0 unspecified atom stereocenters. The van der Waals surface area contributed by atoms with Crippen molar-refractivity contribution < 1.29 is 18.0 Å². The molecule has 20 heavy (non-hydrogen) atoms. The van der Waals surface area contributed by atoms with E-state index >= 15 is 0 Å². The molecule has 110 valence electrons. The first-order valence-corrected chi connectivity index (χ1v) is 6.56. The van der Waals surface area contributed by atoms with E-state index in [0.29, 0.717) is 5.56 Å². The molecule has 0 aliphatic carbocycles. The van der Waals surface area contributed by atoms with Crippen LogP contribution in [-0.2, 0) is 6.42 Å². The van der Waals surface area contributed by atoms with Gasteiger partial charge in [0.2, 0.25) is 0 Å². The molecule has 1 aromatic carbocycles. The van der Waals surface area contributed by atoms with Gasteiger partial charge in [0.15, 0.2) is 0 Å². The normalized spacial score (nSPS) is 14.4. The van der Waals surface area contributed by atoms with Crippen LogP contribution >= 0.6 is 0 Å². The summed E-state index contributed by atoms with van der Waals surface area (Å²) in [6.07, 6.45) is -3.35. The second kappa shape index (κ2) is 5.73. The minimum Gasteiger partial charge on any atom is -0.385 e.